The van der Waals surface area contributed by atoms with Crippen LogP contribution in [0, 0.1) is 0 Å². The van der Waals surface area contributed by atoms with Gasteiger partial charge in [0.25, 0.3) is 5.19 Å². The fourth-order valence-electron chi connectivity index (χ4n) is 3.57. The quantitative estimate of drug-likeness (QED) is 0.609. The van der Waals surface area contributed by atoms with Crippen molar-refractivity contribution in [2.45, 2.75) is 45.1 Å². The number of fused-ring (bicyclic) bond motifs is 1. The van der Waals surface area contributed by atoms with E-state index >= 15 is 0 Å². The minimum absolute atomic E-state index is 0.134. The van der Waals surface area contributed by atoms with E-state index in [1.165, 1.54) is 5.56 Å². The van der Waals surface area contributed by atoms with E-state index < -0.39 is 0 Å². The highest BCUT2D eigenvalue weighted by atomic mass is 32.1. The molecule has 0 atom stereocenters. The fraction of sp³-hybridized carbons (Fsp3) is 0.391. The zero-order valence-corrected chi connectivity index (χ0v) is 17.2. The molecule has 2 aromatic carbocycles. The number of carbonyl (C=O) groups is 1. The lowest BCUT2D eigenvalue weighted by Gasteiger charge is -2.31. The molecule has 0 spiro atoms. The number of amides is 1. The third kappa shape index (κ3) is 4.36. The van der Waals surface area contributed by atoms with E-state index in [-0.39, 0.29) is 12.0 Å². The average molecular weight is 395 g/mol. The zero-order valence-electron chi connectivity index (χ0n) is 16.4. The molecular formula is C23H26N2O2S. The van der Waals surface area contributed by atoms with Crippen LogP contribution in [-0.4, -0.2) is 35.0 Å². The van der Waals surface area contributed by atoms with Crippen LogP contribution in [0.3, 0.4) is 0 Å². The molecule has 0 aliphatic carbocycles. The van der Waals surface area contributed by atoms with Crippen molar-refractivity contribution >= 4 is 27.5 Å². The molecule has 1 aromatic heterocycles. The maximum atomic E-state index is 12.6. The second-order valence-corrected chi connectivity index (χ2v) is 8.71. The van der Waals surface area contributed by atoms with Gasteiger partial charge >= 0.3 is 0 Å². The van der Waals surface area contributed by atoms with E-state index in [0.29, 0.717) is 12.3 Å². The number of para-hydroxylation sites is 1. The standard InChI is InChI=1S/C23H26N2O2S/c1-16(2)18-9-7-17(8-10-18)15-22(26)25-13-11-19(12-14-25)27-23-24-20-5-3-4-6-21(20)28-23/h3-10,16,19H,11-15H2,1-2H3. The number of rotatable bonds is 5. The molecule has 0 unspecified atom stereocenters. The van der Waals surface area contributed by atoms with Gasteiger partial charge in [0.2, 0.25) is 5.91 Å². The summed E-state index contributed by atoms with van der Waals surface area (Å²) in [7, 11) is 0. The van der Waals surface area contributed by atoms with E-state index in [4.69, 9.17) is 4.74 Å². The number of nitrogens with zero attached hydrogens (tertiary/aromatic N) is 2. The maximum Gasteiger partial charge on any atom is 0.274 e. The van der Waals surface area contributed by atoms with Gasteiger partial charge in [-0.15, -0.1) is 0 Å². The Morgan fingerprint density at radius 3 is 2.54 bits per heavy atom. The second kappa shape index (κ2) is 8.31. The first-order valence-corrected chi connectivity index (χ1v) is 10.8. The zero-order chi connectivity index (χ0) is 19.5. The lowest BCUT2D eigenvalue weighted by atomic mass is 10.0. The molecule has 4 nitrogen and oxygen atoms in total. The molecule has 2 heterocycles. The SMILES string of the molecule is CC(C)c1ccc(CC(=O)N2CCC(Oc3nc4ccccc4s3)CC2)cc1. The van der Waals surface area contributed by atoms with Crippen LogP contribution in [0.5, 0.6) is 5.19 Å². The lowest BCUT2D eigenvalue weighted by molar-refractivity contribution is -0.132. The van der Waals surface area contributed by atoms with Gasteiger partial charge in [-0.25, -0.2) is 4.98 Å². The van der Waals surface area contributed by atoms with Gasteiger partial charge in [0.05, 0.1) is 16.6 Å². The average Bonchev–Trinajstić information content (AvgIpc) is 3.11. The summed E-state index contributed by atoms with van der Waals surface area (Å²) in [6.45, 7) is 5.86. The first-order valence-electron chi connectivity index (χ1n) is 9.97. The predicted molar refractivity (Wildman–Crippen MR) is 114 cm³/mol. The normalized spacial score (nSPS) is 15.3. The van der Waals surface area contributed by atoms with E-state index in [9.17, 15) is 4.79 Å². The predicted octanol–water partition coefficient (Wildman–Crippen LogP) is 5.03. The Hall–Kier alpha value is -2.40. The van der Waals surface area contributed by atoms with Gasteiger partial charge in [-0.1, -0.05) is 61.6 Å². The van der Waals surface area contributed by atoms with E-state index in [0.717, 1.165) is 46.9 Å². The molecule has 0 radical (unpaired) electrons. The number of thiazole rings is 1. The summed E-state index contributed by atoms with van der Waals surface area (Å²) in [6.07, 6.45) is 2.32. The molecule has 28 heavy (non-hydrogen) atoms. The number of hydrogen-bond donors (Lipinski definition) is 0. The van der Waals surface area contributed by atoms with Crippen molar-refractivity contribution in [3.05, 3.63) is 59.7 Å². The molecule has 0 bridgehead atoms. The summed E-state index contributed by atoms with van der Waals surface area (Å²) >= 11 is 1.59. The molecular weight excluding hydrogens is 368 g/mol. The van der Waals surface area contributed by atoms with Gasteiger partial charge in [-0.3, -0.25) is 4.79 Å². The monoisotopic (exact) mass is 394 g/mol. The Balaban J connectivity index is 1.29. The fourth-order valence-corrected chi connectivity index (χ4v) is 4.46. The third-order valence-corrected chi connectivity index (χ3v) is 6.27. The molecule has 146 valence electrons. The maximum absolute atomic E-state index is 12.6. The number of ether oxygens (including phenoxy) is 1. The number of carbonyl (C=O) groups excluding carboxylic acids is 1. The minimum atomic E-state index is 0.134. The van der Waals surface area contributed by atoms with Crippen molar-refractivity contribution in [2.75, 3.05) is 13.1 Å². The molecule has 1 aliphatic rings. The Morgan fingerprint density at radius 1 is 1.14 bits per heavy atom. The van der Waals surface area contributed by atoms with Crippen LogP contribution in [-0.2, 0) is 11.2 Å². The third-order valence-electron chi connectivity index (χ3n) is 5.34. The van der Waals surface area contributed by atoms with Gasteiger partial charge < -0.3 is 9.64 Å². The Kier molecular flexibility index (Phi) is 5.62. The van der Waals surface area contributed by atoms with Crippen LogP contribution in [0.1, 0.15) is 43.7 Å². The topological polar surface area (TPSA) is 42.4 Å². The van der Waals surface area contributed by atoms with Gasteiger partial charge in [-0.2, -0.15) is 0 Å². The molecule has 1 aliphatic heterocycles. The van der Waals surface area contributed by atoms with Gasteiger partial charge in [-0.05, 0) is 29.2 Å². The first kappa shape index (κ1) is 18.9. The smallest absolute Gasteiger partial charge is 0.274 e. The van der Waals surface area contributed by atoms with E-state index in [1.807, 2.05) is 23.1 Å². The van der Waals surface area contributed by atoms with Gasteiger partial charge in [0.1, 0.15) is 6.10 Å². The van der Waals surface area contributed by atoms with Crippen molar-refractivity contribution < 1.29 is 9.53 Å². The largest absolute Gasteiger partial charge is 0.467 e. The number of aromatic nitrogens is 1. The second-order valence-electron chi connectivity index (χ2n) is 7.72. The molecule has 1 saturated heterocycles. The van der Waals surface area contributed by atoms with Crippen LogP contribution in [0.2, 0.25) is 0 Å². The van der Waals surface area contributed by atoms with Crippen molar-refractivity contribution in [1.29, 1.82) is 0 Å². The molecule has 3 aromatic rings. The highest BCUT2D eigenvalue weighted by Gasteiger charge is 2.24. The Bertz CT molecular complexity index is 908. The van der Waals surface area contributed by atoms with Crippen molar-refractivity contribution in [2.24, 2.45) is 0 Å². The summed E-state index contributed by atoms with van der Waals surface area (Å²) in [6, 6.07) is 16.5. The molecule has 1 fully saturated rings. The summed E-state index contributed by atoms with van der Waals surface area (Å²) in [5.74, 6) is 0.718. The lowest BCUT2D eigenvalue weighted by Crippen LogP contribution is -2.42. The summed E-state index contributed by atoms with van der Waals surface area (Å²) in [5.41, 5.74) is 3.38. The molecule has 1 amide bonds. The van der Waals surface area contributed by atoms with Crippen molar-refractivity contribution in [3.8, 4) is 5.19 Å². The van der Waals surface area contributed by atoms with Crippen LogP contribution < -0.4 is 4.74 Å². The number of piperidine rings is 1. The minimum Gasteiger partial charge on any atom is -0.467 e. The summed E-state index contributed by atoms with van der Waals surface area (Å²) in [4.78, 5) is 19.2. The first-order chi connectivity index (χ1) is 13.6. The number of hydrogen-bond acceptors (Lipinski definition) is 4. The summed E-state index contributed by atoms with van der Waals surface area (Å²) < 4.78 is 7.24. The van der Waals surface area contributed by atoms with Crippen LogP contribution in [0.4, 0.5) is 0 Å². The van der Waals surface area contributed by atoms with E-state index in [2.05, 4.69) is 49.2 Å². The van der Waals surface area contributed by atoms with E-state index in [1.54, 1.807) is 11.3 Å². The molecule has 0 N–H and O–H groups in total. The Morgan fingerprint density at radius 2 is 1.86 bits per heavy atom. The van der Waals surface area contributed by atoms with Crippen LogP contribution in [0.15, 0.2) is 48.5 Å². The van der Waals surface area contributed by atoms with Crippen LogP contribution >= 0.6 is 11.3 Å². The van der Waals surface area contributed by atoms with Crippen molar-refractivity contribution in [1.82, 2.24) is 9.88 Å². The van der Waals surface area contributed by atoms with Gasteiger partial charge in [0, 0.05) is 25.9 Å². The molecule has 0 saturated carbocycles. The highest BCUT2D eigenvalue weighted by molar-refractivity contribution is 7.20. The number of likely N-dealkylation sites (tertiary alicyclic amines) is 1. The molecule has 5 heteroatoms. The Labute approximate surface area is 170 Å². The van der Waals surface area contributed by atoms with Crippen molar-refractivity contribution in [3.63, 3.8) is 0 Å². The van der Waals surface area contributed by atoms with Gasteiger partial charge in [0.15, 0.2) is 0 Å². The summed E-state index contributed by atoms with van der Waals surface area (Å²) in [5, 5.41) is 0.733. The van der Waals surface area contributed by atoms with Crippen LogP contribution in [0.25, 0.3) is 10.2 Å². The molecule has 4 rings (SSSR count). The highest BCUT2D eigenvalue weighted by Crippen LogP contribution is 2.29. The number of benzene rings is 2.